The molecule has 0 radical (unpaired) electrons. The van der Waals surface area contributed by atoms with Crippen molar-refractivity contribution in [3.8, 4) is 0 Å². The maximum atomic E-state index is 5.76. The SMILES string of the molecule is C[C@H](N)c1ccc(SC2CCCC2)cn1. The topological polar surface area (TPSA) is 38.9 Å². The van der Waals surface area contributed by atoms with E-state index in [4.69, 9.17) is 5.73 Å². The van der Waals surface area contributed by atoms with Crippen molar-refractivity contribution in [1.29, 1.82) is 0 Å². The van der Waals surface area contributed by atoms with E-state index >= 15 is 0 Å². The first-order chi connectivity index (χ1) is 7.25. The zero-order chi connectivity index (χ0) is 10.7. The fourth-order valence-corrected chi connectivity index (χ4v) is 3.14. The van der Waals surface area contributed by atoms with Gasteiger partial charge in [0.15, 0.2) is 0 Å². The maximum absolute atomic E-state index is 5.76. The van der Waals surface area contributed by atoms with E-state index in [1.54, 1.807) is 0 Å². The number of rotatable bonds is 3. The van der Waals surface area contributed by atoms with Gasteiger partial charge in [0.25, 0.3) is 0 Å². The lowest BCUT2D eigenvalue weighted by molar-refractivity contribution is 0.777. The first kappa shape index (κ1) is 11.0. The number of pyridine rings is 1. The van der Waals surface area contributed by atoms with Crippen molar-refractivity contribution in [2.75, 3.05) is 0 Å². The molecule has 1 atom stereocenters. The summed E-state index contributed by atoms with van der Waals surface area (Å²) in [6.07, 6.45) is 7.47. The van der Waals surface area contributed by atoms with Crippen LogP contribution < -0.4 is 5.73 Å². The molecule has 1 heterocycles. The molecule has 2 rings (SSSR count). The van der Waals surface area contributed by atoms with Crippen LogP contribution >= 0.6 is 11.8 Å². The molecule has 2 N–H and O–H groups in total. The van der Waals surface area contributed by atoms with E-state index in [0.717, 1.165) is 10.9 Å². The van der Waals surface area contributed by atoms with Gasteiger partial charge >= 0.3 is 0 Å². The second-order valence-corrected chi connectivity index (χ2v) is 5.61. The minimum absolute atomic E-state index is 0.0375. The van der Waals surface area contributed by atoms with Gasteiger partial charge in [-0.15, -0.1) is 11.8 Å². The molecule has 2 nitrogen and oxygen atoms in total. The predicted octanol–water partition coefficient (Wildman–Crippen LogP) is 3.14. The van der Waals surface area contributed by atoms with E-state index in [1.807, 2.05) is 30.9 Å². The molecule has 1 aliphatic rings. The molecular formula is C12H18N2S. The molecule has 1 aromatic rings. The quantitative estimate of drug-likeness (QED) is 0.854. The molecule has 1 aromatic heterocycles. The van der Waals surface area contributed by atoms with Crippen LogP contribution in [0.4, 0.5) is 0 Å². The molecule has 15 heavy (non-hydrogen) atoms. The number of hydrogen-bond donors (Lipinski definition) is 1. The lowest BCUT2D eigenvalue weighted by atomic mass is 10.2. The zero-order valence-corrected chi connectivity index (χ0v) is 9.96. The van der Waals surface area contributed by atoms with Crippen LogP contribution in [0, 0.1) is 0 Å². The first-order valence-corrected chi connectivity index (χ1v) is 6.52. The summed E-state index contributed by atoms with van der Waals surface area (Å²) in [5.74, 6) is 0. The Hall–Kier alpha value is -0.540. The molecule has 0 aliphatic heterocycles. The molecule has 82 valence electrons. The van der Waals surface area contributed by atoms with Crippen molar-refractivity contribution in [3.05, 3.63) is 24.0 Å². The molecule has 3 heteroatoms. The van der Waals surface area contributed by atoms with Crippen LogP contribution in [0.15, 0.2) is 23.2 Å². The van der Waals surface area contributed by atoms with E-state index in [1.165, 1.54) is 30.6 Å². The van der Waals surface area contributed by atoms with Gasteiger partial charge in [0, 0.05) is 22.4 Å². The highest BCUT2D eigenvalue weighted by Crippen LogP contribution is 2.34. The normalized spacial score (nSPS) is 19.3. The minimum atomic E-state index is 0.0375. The number of nitrogens with two attached hydrogens (primary N) is 1. The van der Waals surface area contributed by atoms with E-state index < -0.39 is 0 Å². The lowest BCUT2D eigenvalue weighted by Gasteiger charge is -2.09. The summed E-state index contributed by atoms with van der Waals surface area (Å²) in [6.45, 7) is 1.96. The average Bonchev–Trinajstić information content (AvgIpc) is 2.71. The van der Waals surface area contributed by atoms with E-state index in [-0.39, 0.29) is 6.04 Å². The van der Waals surface area contributed by atoms with Crippen LogP contribution in [-0.2, 0) is 0 Å². The number of aromatic nitrogens is 1. The summed E-state index contributed by atoms with van der Waals surface area (Å²) < 4.78 is 0. The van der Waals surface area contributed by atoms with Gasteiger partial charge in [-0.05, 0) is 31.9 Å². The van der Waals surface area contributed by atoms with Gasteiger partial charge in [-0.1, -0.05) is 12.8 Å². The van der Waals surface area contributed by atoms with Crippen LogP contribution in [-0.4, -0.2) is 10.2 Å². The van der Waals surface area contributed by atoms with Gasteiger partial charge in [0.05, 0.1) is 5.69 Å². The Kier molecular flexibility index (Phi) is 3.65. The van der Waals surface area contributed by atoms with Gasteiger partial charge in [0.1, 0.15) is 0 Å². The molecular weight excluding hydrogens is 204 g/mol. The van der Waals surface area contributed by atoms with Crippen molar-refractivity contribution in [2.24, 2.45) is 5.73 Å². The van der Waals surface area contributed by atoms with E-state index in [0.29, 0.717) is 0 Å². The van der Waals surface area contributed by atoms with Crippen LogP contribution in [0.3, 0.4) is 0 Å². The summed E-state index contributed by atoms with van der Waals surface area (Å²) in [6, 6.07) is 4.23. The highest BCUT2D eigenvalue weighted by molar-refractivity contribution is 8.00. The highest BCUT2D eigenvalue weighted by Gasteiger charge is 2.16. The maximum Gasteiger partial charge on any atom is 0.0569 e. The number of thioether (sulfide) groups is 1. The largest absolute Gasteiger partial charge is 0.323 e. The molecule has 0 saturated heterocycles. The molecule has 1 fully saturated rings. The third-order valence-corrected chi connectivity index (χ3v) is 4.15. The number of hydrogen-bond acceptors (Lipinski definition) is 3. The second-order valence-electron chi connectivity index (χ2n) is 4.23. The Labute approximate surface area is 95.7 Å². The molecule has 0 spiro atoms. The summed E-state index contributed by atoms with van der Waals surface area (Å²) >= 11 is 1.97. The van der Waals surface area contributed by atoms with Crippen LogP contribution in [0.1, 0.15) is 44.3 Å². The lowest BCUT2D eigenvalue weighted by Crippen LogP contribution is -2.06. The Balaban J connectivity index is 1.97. The third kappa shape index (κ3) is 2.95. The van der Waals surface area contributed by atoms with Gasteiger partial charge in [-0.3, -0.25) is 4.98 Å². The second kappa shape index (κ2) is 4.99. The summed E-state index contributed by atoms with van der Waals surface area (Å²) in [7, 11) is 0. The Bertz CT molecular complexity index is 302. The minimum Gasteiger partial charge on any atom is -0.323 e. The van der Waals surface area contributed by atoms with Gasteiger partial charge in [0.2, 0.25) is 0 Å². The van der Waals surface area contributed by atoms with Crippen LogP contribution in [0.25, 0.3) is 0 Å². The molecule has 1 saturated carbocycles. The summed E-state index contributed by atoms with van der Waals surface area (Å²) in [5.41, 5.74) is 6.74. The van der Waals surface area contributed by atoms with Crippen molar-refractivity contribution < 1.29 is 0 Å². The molecule has 0 amide bonds. The van der Waals surface area contributed by atoms with Crippen molar-refractivity contribution in [3.63, 3.8) is 0 Å². The Morgan fingerprint density at radius 1 is 1.40 bits per heavy atom. The summed E-state index contributed by atoms with van der Waals surface area (Å²) in [4.78, 5) is 5.66. The highest BCUT2D eigenvalue weighted by atomic mass is 32.2. The zero-order valence-electron chi connectivity index (χ0n) is 9.15. The Morgan fingerprint density at radius 3 is 2.67 bits per heavy atom. The van der Waals surface area contributed by atoms with Gasteiger partial charge < -0.3 is 5.73 Å². The number of nitrogens with zero attached hydrogens (tertiary/aromatic N) is 1. The predicted molar refractivity (Wildman–Crippen MR) is 65.0 cm³/mol. The van der Waals surface area contributed by atoms with Gasteiger partial charge in [-0.2, -0.15) is 0 Å². The van der Waals surface area contributed by atoms with Crippen LogP contribution in [0.5, 0.6) is 0 Å². The smallest absolute Gasteiger partial charge is 0.0569 e. The fraction of sp³-hybridized carbons (Fsp3) is 0.583. The monoisotopic (exact) mass is 222 g/mol. The Morgan fingerprint density at radius 2 is 2.13 bits per heavy atom. The van der Waals surface area contributed by atoms with Crippen molar-refractivity contribution in [2.45, 2.75) is 48.8 Å². The van der Waals surface area contributed by atoms with Gasteiger partial charge in [-0.25, -0.2) is 0 Å². The molecule has 0 bridgehead atoms. The first-order valence-electron chi connectivity index (χ1n) is 5.64. The van der Waals surface area contributed by atoms with E-state index in [9.17, 15) is 0 Å². The third-order valence-electron chi connectivity index (χ3n) is 2.83. The van der Waals surface area contributed by atoms with Crippen LogP contribution in [0.2, 0.25) is 0 Å². The molecule has 0 aromatic carbocycles. The van der Waals surface area contributed by atoms with Crippen molar-refractivity contribution >= 4 is 11.8 Å². The molecule has 1 aliphatic carbocycles. The molecule has 0 unspecified atom stereocenters. The van der Waals surface area contributed by atoms with Crippen molar-refractivity contribution in [1.82, 2.24) is 4.98 Å². The fourth-order valence-electron chi connectivity index (χ4n) is 1.93. The summed E-state index contributed by atoms with van der Waals surface area (Å²) in [5, 5.41) is 0.813. The van der Waals surface area contributed by atoms with E-state index in [2.05, 4.69) is 11.1 Å². The standard InChI is InChI=1S/C12H18N2S/c1-9(13)12-7-6-11(8-14-12)15-10-4-2-3-5-10/h6-10H,2-5,13H2,1H3/t9-/m0/s1. The average molecular weight is 222 g/mol.